The molecule has 0 aliphatic rings. The van der Waals surface area contributed by atoms with Crippen molar-refractivity contribution < 1.29 is 5.11 Å². The van der Waals surface area contributed by atoms with E-state index in [1.165, 1.54) is 19.3 Å². The quantitative estimate of drug-likeness (QED) is 0.784. The third-order valence-corrected chi connectivity index (χ3v) is 3.13. The van der Waals surface area contributed by atoms with E-state index in [1.54, 1.807) is 6.20 Å². The van der Waals surface area contributed by atoms with E-state index in [0.717, 1.165) is 29.3 Å². The van der Waals surface area contributed by atoms with Crippen LogP contribution in [-0.4, -0.2) is 10.1 Å². The number of unbranched alkanes of at least 4 members (excludes halogenated alkanes) is 3. The molecular formula is C15H19NO. The molecule has 0 spiro atoms. The summed E-state index contributed by atoms with van der Waals surface area (Å²) in [5.74, 6) is 0.361. The van der Waals surface area contributed by atoms with Gasteiger partial charge in [-0.3, -0.25) is 4.98 Å². The fourth-order valence-corrected chi connectivity index (χ4v) is 2.12. The fraction of sp³-hybridized carbons (Fsp3) is 0.400. The number of rotatable bonds is 5. The minimum absolute atomic E-state index is 0.361. The van der Waals surface area contributed by atoms with Gasteiger partial charge in [0, 0.05) is 11.6 Å². The van der Waals surface area contributed by atoms with Crippen molar-refractivity contribution in [2.75, 3.05) is 0 Å². The number of aromatic hydroxyl groups is 1. The van der Waals surface area contributed by atoms with Crippen LogP contribution in [-0.2, 0) is 6.42 Å². The van der Waals surface area contributed by atoms with Gasteiger partial charge in [0.15, 0.2) is 0 Å². The highest BCUT2D eigenvalue weighted by Gasteiger charge is 2.06. The number of hydrogen-bond donors (Lipinski definition) is 1. The first-order chi connectivity index (χ1) is 8.33. The second-order valence-electron chi connectivity index (χ2n) is 4.46. The van der Waals surface area contributed by atoms with E-state index in [0.29, 0.717) is 5.75 Å². The maximum Gasteiger partial charge on any atom is 0.144 e. The van der Waals surface area contributed by atoms with Gasteiger partial charge in [-0.2, -0.15) is 0 Å². The Bertz CT molecular complexity index is 493. The molecule has 2 nitrogen and oxygen atoms in total. The SMILES string of the molecule is CCCCCCc1ccc2cccnc2c1O. The molecule has 0 saturated carbocycles. The molecule has 2 rings (SSSR count). The molecule has 0 saturated heterocycles. The zero-order valence-corrected chi connectivity index (χ0v) is 10.3. The van der Waals surface area contributed by atoms with Gasteiger partial charge in [0.25, 0.3) is 0 Å². The normalized spacial score (nSPS) is 10.9. The van der Waals surface area contributed by atoms with Crippen LogP contribution in [0.2, 0.25) is 0 Å². The van der Waals surface area contributed by atoms with E-state index >= 15 is 0 Å². The van der Waals surface area contributed by atoms with Crippen LogP contribution in [0.4, 0.5) is 0 Å². The average molecular weight is 229 g/mol. The number of fused-ring (bicyclic) bond motifs is 1. The molecule has 2 aromatic rings. The second-order valence-corrected chi connectivity index (χ2v) is 4.46. The lowest BCUT2D eigenvalue weighted by atomic mass is 10.0. The Labute approximate surface area is 102 Å². The molecule has 17 heavy (non-hydrogen) atoms. The minimum Gasteiger partial charge on any atom is -0.505 e. The van der Waals surface area contributed by atoms with E-state index < -0.39 is 0 Å². The summed E-state index contributed by atoms with van der Waals surface area (Å²) in [5, 5.41) is 11.1. The third-order valence-electron chi connectivity index (χ3n) is 3.13. The van der Waals surface area contributed by atoms with Crippen molar-refractivity contribution in [3.05, 3.63) is 36.0 Å². The Morgan fingerprint density at radius 1 is 1.12 bits per heavy atom. The summed E-state index contributed by atoms with van der Waals surface area (Å²) in [7, 11) is 0. The highest BCUT2D eigenvalue weighted by atomic mass is 16.3. The van der Waals surface area contributed by atoms with Gasteiger partial charge in [0.2, 0.25) is 0 Å². The van der Waals surface area contributed by atoms with Crippen LogP contribution in [0.5, 0.6) is 5.75 Å². The molecule has 2 heteroatoms. The third kappa shape index (κ3) is 2.76. The first kappa shape index (κ1) is 11.9. The lowest BCUT2D eigenvalue weighted by Gasteiger charge is -2.07. The molecule has 0 bridgehead atoms. The molecular weight excluding hydrogens is 210 g/mol. The van der Waals surface area contributed by atoms with Crippen molar-refractivity contribution in [3.8, 4) is 5.75 Å². The summed E-state index contributed by atoms with van der Waals surface area (Å²) in [5.41, 5.74) is 1.74. The van der Waals surface area contributed by atoms with E-state index in [4.69, 9.17) is 0 Å². The van der Waals surface area contributed by atoms with E-state index in [-0.39, 0.29) is 0 Å². The Kier molecular flexibility index (Phi) is 3.97. The van der Waals surface area contributed by atoms with Gasteiger partial charge in [0.1, 0.15) is 11.3 Å². The van der Waals surface area contributed by atoms with Gasteiger partial charge in [-0.05, 0) is 24.5 Å². The Morgan fingerprint density at radius 3 is 2.82 bits per heavy atom. The monoisotopic (exact) mass is 229 g/mol. The average Bonchev–Trinajstić information content (AvgIpc) is 2.37. The lowest BCUT2D eigenvalue weighted by Crippen LogP contribution is -1.89. The molecule has 0 fully saturated rings. The van der Waals surface area contributed by atoms with Crippen LogP contribution in [0.1, 0.15) is 38.2 Å². The number of phenolic OH excluding ortho intramolecular Hbond substituents is 1. The van der Waals surface area contributed by atoms with Crippen LogP contribution in [0.3, 0.4) is 0 Å². The van der Waals surface area contributed by atoms with Crippen LogP contribution in [0.25, 0.3) is 10.9 Å². The molecule has 1 heterocycles. The molecule has 0 aliphatic heterocycles. The van der Waals surface area contributed by atoms with Crippen molar-refractivity contribution in [1.82, 2.24) is 4.98 Å². The molecule has 0 radical (unpaired) electrons. The predicted molar refractivity (Wildman–Crippen MR) is 71.3 cm³/mol. The molecule has 1 N–H and O–H groups in total. The summed E-state index contributed by atoms with van der Waals surface area (Å²) in [4.78, 5) is 4.24. The predicted octanol–water partition coefficient (Wildman–Crippen LogP) is 4.06. The molecule has 90 valence electrons. The van der Waals surface area contributed by atoms with Crippen molar-refractivity contribution in [3.63, 3.8) is 0 Å². The summed E-state index contributed by atoms with van der Waals surface area (Å²) in [6.07, 6.45) is 7.55. The molecule has 0 atom stereocenters. The maximum absolute atomic E-state index is 10.1. The van der Waals surface area contributed by atoms with Crippen molar-refractivity contribution >= 4 is 10.9 Å². The van der Waals surface area contributed by atoms with E-state index in [2.05, 4.69) is 11.9 Å². The topological polar surface area (TPSA) is 33.1 Å². The summed E-state index contributed by atoms with van der Waals surface area (Å²) >= 11 is 0. The molecule has 0 aliphatic carbocycles. The van der Waals surface area contributed by atoms with Crippen molar-refractivity contribution in [2.45, 2.75) is 39.0 Å². The van der Waals surface area contributed by atoms with Gasteiger partial charge in [0.05, 0.1) is 0 Å². The maximum atomic E-state index is 10.1. The van der Waals surface area contributed by atoms with Gasteiger partial charge in [-0.1, -0.05) is 44.4 Å². The number of aryl methyl sites for hydroxylation is 1. The van der Waals surface area contributed by atoms with Crippen molar-refractivity contribution in [1.29, 1.82) is 0 Å². The minimum atomic E-state index is 0.361. The van der Waals surface area contributed by atoms with Gasteiger partial charge >= 0.3 is 0 Å². The smallest absolute Gasteiger partial charge is 0.144 e. The van der Waals surface area contributed by atoms with E-state index in [9.17, 15) is 5.11 Å². The highest BCUT2D eigenvalue weighted by Crippen LogP contribution is 2.27. The summed E-state index contributed by atoms with van der Waals surface area (Å²) in [6.45, 7) is 2.21. The summed E-state index contributed by atoms with van der Waals surface area (Å²) < 4.78 is 0. The first-order valence-corrected chi connectivity index (χ1v) is 6.38. The largest absolute Gasteiger partial charge is 0.505 e. The van der Waals surface area contributed by atoms with Gasteiger partial charge in [-0.25, -0.2) is 0 Å². The number of benzene rings is 1. The number of hydrogen-bond acceptors (Lipinski definition) is 2. The van der Waals surface area contributed by atoms with Crippen molar-refractivity contribution in [2.24, 2.45) is 0 Å². The Balaban J connectivity index is 2.15. The number of pyridine rings is 1. The van der Waals surface area contributed by atoms with Gasteiger partial charge in [-0.15, -0.1) is 0 Å². The number of aromatic nitrogens is 1. The van der Waals surface area contributed by atoms with Crippen LogP contribution < -0.4 is 0 Å². The summed E-state index contributed by atoms with van der Waals surface area (Å²) in [6, 6.07) is 7.92. The Morgan fingerprint density at radius 2 is 2.00 bits per heavy atom. The van der Waals surface area contributed by atoms with Gasteiger partial charge < -0.3 is 5.11 Å². The zero-order chi connectivity index (χ0) is 12.1. The standard InChI is InChI=1S/C15H19NO/c1-2-3-4-5-7-13-10-9-12-8-6-11-16-14(12)15(13)17/h6,8-11,17H,2-5,7H2,1H3. The first-order valence-electron chi connectivity index (χ1n) is 6.38. The molecule has 0 amide bonds. The van der Waals surface area contributed by atoms with Crippen LogP contribution in [0, 0.1) is 0 Å². The highest BCUT2D eigenvalue weighted by molar-refractivity contribution is 5.85. The van der Waals surface area contributed by atoms with Crippen LogP contribution >= 0.6 is 0 Å². The number of phenols is 1. The lowest BCUT2D eigenvalue weighted by molar-refractivity contribution is 0.471. The molecule has 1 aromatic carbocycles. The second kappa shape index (κ2) is 5.67. The zero-order valence-electron chi connectivity index (χ0n) is 10.3. The molecule has 1 aromatic heterocycles. The Hall–Kier alpha value is -1.57. The van der Waals surface area contributed by atoms with E-state index in [1.807, 2.05) is 24.3 Å². The number of nitrogens with zero attached hydrogens (tertiary/aromatic N) is 1. The molecule has 0 unspecified atom stereocenters. The fourth-order valence-electron chi connectivity index (χ4n) is 2.12. The van der Waals surface area contributed by atoms with Crippen LogP contribution in [0.15, 0.2) is 30.5 Å².